The molecule has 1 aliphatic carbocycles. The summed E-state index contributed by atoms with van der Waals surface area (Å²) < 4.78 is 14.7. The first-order valence-electron chi connectivity index (χ1n) is 6.96. The van der Waals surface area contributed by atoms with E-state index in [2.05, 4.69) is 15.3 Å². The number of hydrogen-bond acceptors (Lipinski definition) is 4. The van der Waals surface area contributed by atoms with Crippen LogP contribution >= 0.6 is 11.3 Å². The van der Waals surface area contributed by atoms with Gasteiger partial charge < -0.3 is 9.72 Å². The summed E-state index contributed by atoms with van der Waals surface area (Å²) >= 11 is 1.60. The van der Waals surface area contributed by atoms with Crippen molar-refractivity contribution in [3.63, 3.8) is 0 Å². The number of alkyl halides is 1. The number of nitrogens with zero attached hydrogens (tertiary/aromatic N) is 3. The molecule has 1 fully saturated rings. The fraction of sp³-hybridized carbons (Fsp3) is 0.267. The second kappa shape index (κ2) is 4.88. The highest BCUT2D eigenvalue weighted by molar-refractivity contribution is 7.10. The molecule has 0 aliphatic heterocycles. The van der Waals surface area contributed by atoms with Crippen molar-refractivity contribution in [1.29, 1.82) is 0 Å². The third-order valence-electron chi connectivity index (χ3n) is 3.77. The number of imidazole rings is 1. The first-order valence-corrected chi connectivity index (χ1v) is 7.84. The number of carbonyl (C=O) groups excluding carboxylic acids is 1. The lowest BCUT2D eigenvalue weighted by molar-refractivity contribution is -0.117. The second-order valence-corrected chi connectivity index (χ2v) is 6.47. The van der Waals surface area contributed by atoms with Crippen molar-refractivity contribution < 1.29 is 9.18 Å². The largest absolute Gasteiger partial charge is 0.309 e. The van der Waals surface area contributed by atoms with E-state index in [1.807, 2.05) is 35.2 Å². The molecule has 3 aromatic rings. The van der Waals surface area contributed by atoms with Crippen molar-refractivity contribution in [2.75, 3.05) is 5.32 Å². The summed E-state index contributed by atoms with van der Waals surface area (Å²) in [6, 6.07) is 3.83. The normalized spacial score (nSPS) is 20.3. The van der Waals surface area contributed by atoms with Gasteiger partial charge in [-0.15, -0.1) is 11.3 Å². The number of thiazole rings is 1. The van der Waals surface area contributed by atoms with E-state index in [4.69, 9.17) is 0 Å². The first-order chi connectivity index (χ1) is 10.6. The van der Waals surface area contributed by atoms with Crippen LogP contribution in [0.4, 0.5) is 10.2 Å². The lowest BCUT2D eigenvalue weighted by Crippen LogP contribution is -2.15. The van der Waals surface area contributed by atoms with Crippen LogP contribution in [0.5, 0.6) is 0 Å². The minimum absolute atomic E-state index is 0.300. The van der Waals surface area contributed by atoms with Crippen LogP contribution in [0.25, 0.3) is 16.9 Å². The summed E-state index contributed by atoms with van der Waals surface area (Å²) in [5.74, 6) is -0.374. The van der Waals surface area contributed by atoms with E-state index in [-0.39, 0.29) is 5.91 Å². The number of hydrogen-bond donors (Lipinski definition) is 1. The molecule has 0 saturated heterocycles. The molecule has 0 spiro atoms. The Morgan fingerprint density at radius 1 is 1.45 bits per heavy atom. The van der Waals surface area contributed by atoms with Gasteiger partial charge in [-0.1, -0.05) is 0 Å². The quantitative estimate of drug-likeness (QED) is 0.808. The SMILES string of the molecule is Cc1scnc1-c1ccc2nc(NC(=O)C3CC3F)cn2c1. The van der Waals surface area contributed by atoms with Gasteiger partial charge in [-0.3, -0.25) is 4.79 Å². The van der Waals surface area contributed by atoms with Crippen LogP contribution in [0.1, 0.15) is 11.3 Å². The van der Waals surface area contributed by atoms with Crippen LogP contribution in [0, 0.1) is 12.8 Å². The molecule has 0 aromatic carbocycles. The number of pyridine rings is 1. The molecule has 7 heteroatoms. The van der Waals surface area contributed by atoms with E-state index < -0.39 is 12.1 Å². The number of aryl methyl sites for hydroxylation is 1. The van der Waals surface area contributed by atoms with Crippen LogP contribution in [0.2, 0.25) is 0 Å². The number of amides is 1. The zero-order valence-corrected chi connectivity index (χ0v) is 12.6. The molecule has 1 saturated carbocycles. The van der Waals surface area contributed by atoms with Crippen molar-refractivity contribution in [3.05, 3.63) is 34.9 Å². The van der Waals surface area contributed by atoms with Gasteiger partial charge in [0.05, 0.1) is 23.3 Å². The predicted octanol–water partition coefficient (Wildman–Crippen LogP) is 3.06. The Kier molecular flexibility index (Phi) is 2.97. The van der Waals surface area contributed by atoms with Gasteiger partial charge >= 0.3 is 0 Å². The monoisotopic (exact) mass is 316 g/mol. The van der Waals surface area contributed by atoms with Crippen molar-refractivity contribution in [1.82, 2.24) is 14.4 Å². The summed E-state index contributed by atoms with van der Waals surface area (Å²) in [6.45, 7) is 2.03. The summed E-state index contributed by atoms with van der Waals surface area (Å²) in [7, 11) is 0. The third-order valence-corrected chi connectivity index (χ3v) is 4.53. The van der Waals surface area contributed by atoms with Crippen LogP contribution in [0.3, 0.4) is 0 Å². The molecule has 5 nitrogen and oxygen atoms in total. The van der Waals surface area contributed by atoms with E-state index in [0.717, 1.165) is 21.8 Å². The number of halogens is 1. The molecule has 4 rings (SSSR count). The Morgan fingerprint density at radius 3 is 2.95 bits per heavy atom. The topological polar surface area (TPSA) is 59.3 Å². The molecule has 3 heterocycles. The molecule has 1 N–H and O–H groups in total. The number of rotatable bonds is 3. The maximum Gasteiger partial charge on any atom is 0.231 e. The number of anilines is 1. The van der Waals surface area contributed by atoms with Gasteiger partial charge in [-0.25, -0.2) is 14.4 Å². The van der Waals surface area contributed by atoms with Crippen molar-refractivity contribution >= 4 is 28.7 Å². The summed E-state index contributed by atoms with van der Waals surface area (Å²) in [5, 5.41) is 2.66. The van der Waals surface area contributed by atoms with Crippen molar-refractivity contribution in [2.45, 2.75) is 19.5 Å². The summed E-state index contributed by atoms with van der Waals surface area (Å²) in [6.07, 6.45) is 2.96. The van der Waals surface area contributed by atoms with E-state index >= 15 is 0 Å². The molecule has 2 atom stereocenters. The van der Waals surface area contributed by atoms with Gasteiger partial charge in [0.15, 0.2) is 5.82 Å². The summed E-state index contributed by atoms with van der Waals surface area (Å²) in [5.41, 5.74) is 4.48. The average Bonchev–Trinajstić information content (AvgIpc) is 2.90. The van der Waals surface area contributed by atoms with Gasteiger partial charge in [0.2, 0.25) is 5.91 Å². The molecule has 1 amide bonds. The smallest absolute Gasteiger partial charge is 0.231 e. The van der Waals surface area contributed by atoms with Crippen LogP contribution < -0.4 is 5.32 Å². The minimum atomic E-state index is -1.00. The molecule has 3 aromatic heterocycles. The Bertz CT molecular complexity index is 871. The fourth-order valence-corrected chi connectivity index (χ4v) is 3.03. The number of fused-ring (bicyclic) bond motifs is 1. The molecule has 0 bridgehead atoms. The van der Waals surface area contributed by atoms with Crippen molar-refractivity contribution in [2.24, 2.45) is 5.92 Å². The van der Waals surface area contributed by atoms with Gasteiger partial charge in [0, 0.05) is 16.6 Å². The van der Waals surface area contributed by atoms with Gasteiger partial charge in [0.1, 0.15) is 11.8 Å². The fourth-order valence-electron chi connectivity index (χ4n) is 2.43. The number of carbonyl (C=O) groups is 1. The van der Waals surface area contributed by atoms with Crippen LogP contribution in [-0.2, 0) is 4.79 Å². The van der Waals surface area contributed by atoms with E-state index in [0.29, 0.717) is 12.2 Å². The van der Waals surface area contributed by atoms with E-state index in [9.17, 15) is 9.18 Å². The molecular formula is C15H13FN4OS. The minimum Gasteiger partial charge on any atom is -0.309 e. The number of nitrogens with one attached hydrogen (secondary N) is 1. The highest BCUT2D eigenvalue weighted by Crippen LogP contribution is 2.34. The zero-order chi connectivity index (χ0) is 15.3. The van der Waals surface area contributed by atoms with E-state index in [1.54, 1.807) is 17.5 Å². The Labute approximate surface area is 129 Å². The molecule has 112 valence electrons. The lowest BCUT2D eigenvalue weighted by Gasteiger charge is -2.00. The molecule has 0 radical (unpaired) electrons. The standard InChI is InChI=1S/C15H13FN4OS/c1-8-14(17-7-22-8)9-2-3-13-18-12(6-20(13)5-9)19-15(21)10-4-11(10)16/h2-3,5-7,10-11H,4H2,1H3,(H,19,21). The Morgan fingerprint density at radius 2 is 2.27 bits per heavy atom. The van der Waals surface area contributed by atoms with Crippen molar-refractivity contribution in [3.8, 4) is 11.3 Å². The predicted molar refractivity (Wildman–Crippen MR) is 82.7 cm³/mol. The molecular weight excluding hydrogens is 303 g/mol. The molecule has 22 heavy (non-hydrogen) atoms. The van der Waals surface area contributed by atoms with Crippen LogP contribution in [0.15, 0.2) is 30.0 Å². The van der Waals surface area contributed by atoms with Gasteiger partial charge in [0.25, 0.3) is 0 Å². The van der Waals surface area contributed by atoms with Gasteiger partial charge in [-0.05, 0) is 25.5 Å². The van der Waals surface area contributed by atoms with Crippen LogP contribution in [-0.4, -0.2) is 26.4 Å². The Hall–Kier alpha value is -2.28. The average molecular weight is 316 g/mol. The first kappa shape index (κ1) is 13.4. The second-order valence-electron chi connectivity index (χ2n) is 5.41. The van der Waals surface area contributed by atoms with Gasteiger partial charge in [-0.2, -0.15) is 0 Å². The molecule has 1 aliphatic rings. The summed E-state index contributed by atoms with van der Waals surface area (Å²) in [4.78, 5) is 21.6. The maximum absolute atomic E-state index is 12.9. The third kappa shape index (κ3) is 2.27. The molecule has 2 unspecified atom stereocenters. The highest BCUT2D eigenvalue weighted by atomic mass is 32.1. The lowest BCUT2D eigenvalue weighted by atomic mass is 10.2. The van der Waals surface area contributed by atoms with E-state index in [1.165, 1.54) is 0 Å². The highest BCUT2D eigenvalue weighted by Gasteiger charge is 2.43. The zero-order valence-electron chi connectivity index (χ0n) is 11.8. The number of aromatic nitrogens is 3. The maximum atomic E-state index is 12.9. The Balaban J connectivity index is 1.63.